The lowest BCUT2D eigenvalue weighted by Gasteiger charge is -2.27. The predicted molar refractivity (Wildman–Crippen MR) is 114 cm³/mol. The molecular formula is C24H25NO6. The molecule has 7 heteroatoms. The summed E-state index contributed by atoms with van der Waals surface area (Å²) in [4.78, 5) is 27.5. The van der Waals surface area contributed by atoms with Gasteiger partial charge in [-0.2, -0.15) is 0 Å². The zero-order chi connectivity index (χ0) is 22.0. The molecule has 162 valence electrons. The Morgan fingerprint density at radius 1 is 1.03 bits per heavy atom. The van der Waals surface area contributed by atoms with Gasteiger partial charge in [-0.15, -0.1) is 0 Å². The Morgan fingerprint density at radius 2 is 1.65 bits per heavy atom. The maximum atomic E-state index is 13.0. The zero-order valence-corrected chi connectivity index (χ0v) is 17.5. The molecule has 7 nitrogen and oxygen atoms in total. The van der Waals surface area contributed by atoms with Gasteiger partial charge in [-0.3, -0.25) is 9.59 Å². The predicted octanol–water partition coefficient (Wildman–Crippen LogP) is 3.30. The monoisotopic (exact) mass is 423 g/mol. The second-order valence-electron chi connectivity index (χ2n) is 7.59. The van der Waals surface area contributed by atoms with Crippen LogP contribution < -0.4 is 9.47 Å². The number of carbonyl (C=O) groups is 2. The summed E-state index contributed by atoms with van der Waals surface area (Å²) in [5.74, 6) is -0.257. The van der Waals surface area contributed by atoms with Crippen molar-refractivity contribution < 1.29 is 28.9 Å². The number of hydrogen-bond acceptors (Lipinski definition) is 6. The van der Waals surface area contributed by atoms with Crippen LogP contribution in [0.3, 0.4) is 0 Å². The summed E-state index contributed by atoms with van der Waals surface area (Å²) in [5.41, 5.74) is 1.22. The molecule has 2 aromatic rings. The molecule has 0 bridgehead atoms. The van der Waals surface area contributed by atoms with Crippen molar-refractivity contribution in [2.45, 2.75) is 25.0 Å². The van der Waals surface area contributed by atoms with E-state index in [1.54, 1.807) is 62.8 Å². The van der Waals surface area contributed by atoms with Crippen molar-refractivity contribution >= 4 is 17.4 Å². The summed E-state index contributed by atoms with van der Waals surface area (Å²) in [7, 11) is 3.12. The lowest BCUT2D eigenvalue weighted by Crippen LogP contribution is -2.36. The first-order valence-electron chi connectivity index (χ1n) is 10.2. The van der Waals surface area contributed by atoms with E-state index in [-0.39, 0.29) is 17.4 Å². The van der Waals surface area contributed by atoms with E-state index in [2.05, 4.69) is 0 Å². The Labute approximate surface area is 180 Å². The van der Waals surface area contributed by atoms with E-state index >= 15 is 0 Å². The number of carbonyl (C=O) groups excluding carboxylic acids is 2. The van der Waals surface area contributed by atoms with Gasteiger partial charge in [0.1, 0.15) is 17.3 Å². The van der Waals surface area contributed by atoms with Crippen LogP contribution in [-0.2, 0) is 14.3 Å². The number of benzene rings is 2. The molecule has 2 atom stereocenters. The molecule has 4 rings (SSSR count). The van der Waals surface area contributed by atoms with Crippen LogP contribution >= 0.6 is 0 Å². The number of rotatable bonds is 6. The quantitative estimate of drug-likeness (QED) is 0.436. The summed E-state index contributed by atoms with van der Waals surface area (Å²) in [5, 5.41) is 11.1. The molecule has 31 heavy (non-hydrogen) atoms. The van der Waals surface area contributed by atoms with Crippen molar-refractivity contribution in [3.8, 4) is 11.5 Å². The number of methoxy groups -OCH3 is 2. The third kappa shape index (κ3) is 4.01. The molecule has 2 fully saturated rings. The minimum atomic E-state index is -0.711. The highest BCUT2D eigenvalue weighted by Crippen LogP contribution is 2.40. The second-order valence-corrected chi connectivity index (χ2v) is 7.59. The number of aliphatic hydroxyl groups is 1. The maximum absolute atomic E-state index is 13.0. The summed E-state index contributed by atoms with van der Waals surface area (Å²) in [6.07, 6.45) is 1.63. The van der Waals surface area contributed by atoms with Crippen LogP contribution in [0.15, 0.2) is 54.1 Å². The van der Waals surface area contributed by atoms with Crippen LogP contribution in [0.5, 0.6) is 11.5 Å². The van der Waals surface area contributed by atoms with Crippen molar-refractivity contribution in [1.82, 2.24) is 4.90 Å². The summed E-state index contributed by atoms with van der Waals surface area (Å²) in [6.45, 7) is 0.939. The number of Topliss-reactive ketones (excluding diaryl/α,β-unsaturated/α-hetero) is 1. The van der Waals surface area contributed by atoms with Crippen molar-refractivity contribution in [1.29, 1.82) is 0 Å². The van der Waals surface area contributed by atoms with Crippen LogP contribution in [-0.4, -0.2) is 55.2 Å². The minimum absolute atomic E-state index is 0.0679. The van der Waals surface area contributed by atoms with Gasteiger partial charge >= 0.3 is 0 Å². The number of aliphatic hydroxyl groups excluding tert-OH is 1. The summed E-state index contributed by atoms with van der Waals surface area (Å²) >= 11 is 0. The first-order valence-corrected chi connectivity index (χ1v) is 10.2. The largest absolute Gasteiger partial charge is 0.507 e. The number of hydrogen-bond donors (Lipinski definition) is 1. The van der Waals surface area contributed by atoms with Crippen LogP contribution in [0.1, 0.15) is 30.0 Å². The summed E-state index contributed by atoms with van der Waals surface area (Å²) in [6, 6.07) is 13.2. The molecule has 0 spiro atoms. The van der Waals surface area contributed by atoms with Gasteiger partial charge in [0.2, 0.25) is 0 Å². The van der Waals surface area contributed by atoms with Gasteiger partial charge in [0.15, 0.2) is 0 Å². The third-order valence-electron chi connectivity index (χ3n) is 5.76. The first kappa shape index (κ1) is 20.9. The fourth-order valence-electron chi connectivity index (χ4n) is 4.11. The maximum Gasteiger partial charge on any atom is 0.295 e. The number of ketones is 1. The normalized spacial score (nSPS) is 22.7. The topological polar surface area (TPSA) is 85.3 Å². The standard InChI is InChI=1S/C24H25NO6/c1-29-17-9-5-15(6-10-17)21-20(22(26)16-7-11-18(30-2)12-8-16)23(27)24(28)25(21)14-19-4-3-13-31-19/h5-12,19,21,26H,3-4,13-14H2,1-2H3/t19-,21-/m1/s1. The van der Waals surface area contributed by atoms with Gasteiger partial charge in [-0.25, -0.2) is 0 Å². The smallest absolute Gasteiger partial charge is 0.295 e. The van der Waals surface area contributed by atoms with Gasteiger partial charge in [0.25, 0.3) is 11.7 Å². The van der Waals surface area contributed by atoms with Crippen molar-refractivity contribution in [3.05, 3.63) is 65.2 Å². The van der Waals surface area contributed by atoms with Crippen LogP contribution in [0.4, 0.5) is 0 Å². The highest BCUT2D eigenvalue weighted by molar-refractivity contribution is 6.46. The lowest BCUT2D eigenvalue weighted by molar-refractivity contribution is -0.140. The molecule has 2 aliphatic rings. The molecule has 2 heterocycles. The SMILES string of the molecule is COc1ccc(C(O)=C2C(=O)C(=O)N(C[C@H]3CCCO3)[C@@H]2c2ccc(OC)cc2)cc1. The van der Waals surface area contributed by atoms with Crippen molar-refractivity contribution in [3.63, 3.8) is 0 Å². The minimum Gasteiger partial charge on any atom is -0.507 e. The first-order chi connectivity index (χ1) is 15.0. The fraction of sp³-hybridized carbons (Fsp3) is 0.333. The number of nitrogens with zero attached hydrogens (tertiary/aromatic N) is 1. The van der Waals surface area contributed by atoms with Crippen LogP contribution in [0, 0.1) is 0 Å². The lowest BCUT2D eigenvalue weighted by atomic mass is 9.95. The highest BCUT2D eigenvalue weighted by atomic mass is 16.5. The molecule has 0 aromatic heterocycles. The molecule has 2 aliphatic heterocycles. The van der Waals surface area contributed by atoms with E-state index < -0.39 is 17.7 Å². The van der Waals surface area contributed by atoms with Gasteiger partial charge in [-0.1, -0.05) is 12.1 Å². The van der Waals surface area contributed by atoms with E-state index in [1.165, 1.54) is 4.90 Å². The molecule has 2 aromatic carbocycles. The molecule has 0 aliphatic carbocycles. The Hall–Kier alpha value is -3.32. The molecule has 1 N–H and O–H groups in total. The van der Waals surface area contributed by atoms with E-state index in [1.807, 2.05) is 0 Å². The fourth-order valence-corrected chi connectivity index (χ4v) is 4.11. The second kappa shape index (κ2) is 8.81. The Morgan fingerprint density at radius 3 is 2.19 bits per heavy atom. The average Bonchev–Trinajstić information content (AvgIpc) is 3.41. The highest BCUT2D eigenvalue weighted by Gasteiger charge is 2.47. The van der Waals surface area contributed by atoms with Gasteiger partial charge in [0.05, 0.1) is 31.9 Å². The summed E-state index contributed by atoms with van der Waals surface area (Å²) < 4.78 is 16.1. The molecule has 0 saturated carbocycles. The van der Waals surface area contributed by atoms with Crippen LogP contribution in [0.2, 0.25) is 0 Å². The number of ether oxygens (including phenoxy) is 3. The van der Waals surface area contributed by atoms with E-state index in [0.717, 1.165) is 12.8 Å². The molecular weight excluding hydrogens is 398 g/mol. The van der Waals surface area contributed by atoms with E-state index in [0.29, 0.717) is 35.8 Å². The average molecular weight is 423 g/mol. The Bertz CT molecular complexity index is 990. The van der Waals surface area contributed by atoms with Gasteiger partial charge < -0.3 is 24.2 Å². The van der Waals surface area contributed by atoms with Gasteiger partial charge in [0, 0.05) is 18.7 Å². The van der Waals surface area contributed by atoms with E-state index in [9.17, 15) is 14.7 Å². The Balaban J connectivity index is 1.79. The number of likely N-dealkylation sites (tertiary alicyclic amines) is 1. The third-order valence-corrected chi connectivity index (χ3v) is 5.76. The van der Waals surface area contributed by atoms with Crippen molar-refractivity contribution in [2.75, 3.05) is 27.4 Å². The van der Waals surface area contributed by atoms with E-state index in [4.69, 9.17) is 14.2 Å². The van der Waals surface area contributed by atoms with Crippen molar-refractivity contribution in [2.24, 2.45) is 0 Å². The number of amides is 1. The molecule has 0 unspecified atom stereocenters. The molecule has 1 amide bonds. The van der Waals surface area contributed by atoms with Crippen LogP contribution in [0.25, 0.3) is 5.76 Å². The molecule has 0 radical (unpaired) electrons. The molecule has 2 saturated heterocycles. The van der Waals surface area contributed by atoms with Gasteiger partial charge in [-0.05, 0) is 54.8 Å². The Kier molecular flexibility index (Phi) is 5.95. The zero-order valence-electron chi connectivity index (χ0n) is 17.5.